The predicted molar refractivity (Wildman–Crippen MR) is 116 cm³/mol. The molecule has 8 heteroatoms. The average molecular weight is 425 g/mol. The van der Waals surface area contributed by atoms with E-state index in [0.717, 1.165) is 38.9 Å². The van der Waals surface area contributed by atoms with Gasteiger partial charge in [-0.15, -0.1) is 23.7 Å². The second-order valence-electron chi connectivity index (χ2n) is 6.22. The summed E-state index contributed by atoms with van der Waals surface area (Å²) in [5, 5.41) is 5.51. The third-order valence-electron chi connectivity index (χ3n) is 4.39. The Morgan fingerprint density at radius 1 is 1.03 bits per heavy atom. The maximum absolute atomic E-state index is 5.47. The van der Waals surface area contributed by atoms with E-state index in [4.69, 9.17) is 14.5 Å². The molecule has 1 aliphatic rings. The van der Waals surface area contributed by atoms with Crippen LogP contribution in [0.15, 0.2) is 66.4 Å². The van der Waals surface area contributed by atoms with Gasteiger partial charge in [0.25, 0.3) is 0 Å². The molecule has 0 radical (unpaired) electrons. The van der Waals surface area contributed by atoms with E-state index < -0.39 is 0 Å². The molecule has 29 heavy (non-hydrogen) atoms. The molecular weight excluding hydrogens is 408 g/mol. The van der Waals surface area contributed by atoms with Crippen LogP contribution in [0.2, 0.25) is 0 Å². The number of rotatable bonds is 5. The van der Waals surface area contributed by atoms with E-state index in [1.807, 2.05) is 48.0 Å². The molecule has 4 aromatic rings. The summed E-state index contributed by atoms with van der Waals surface area (Å²) in [7, 11) is 0. The van der Waals surface area contributed by atoms with Crippen molar-refractivity contribution in [3.8, 4) is 33.3 Å². The first-order valence-corrected chi connectivity index (χ1v) is 9.68. The Bertz CT molecular complexity index is 1110. The highest BCUT2D eigenvalue weighted by Gasteiger charge is 2.15. The van der Waals surface area contributed by atoms with Crippen molar-refractivity contribution in [2.45, 2.75) is 6.54 Å². The molecular formula is C21H17ClN4O2S. The fraction of sp³-hybridized carbons (Fsp3) is 0.0952. The number of ether oxygens (including phenoxy) is 2. The van der Waals surface area contributed by atoms with Crippen molar-refractivity contribution in [3.05, 3.63) is 72.0 Å². The minimum absolute atomic E-state index is 0. The Hall–Kier alpha value is -3.16. The van der Waals surface area contributed by atoms with Crippen LogP contribution in [0, 0.1) is 0 Å². The Morgan fingerprint density at radius 3 is 2.79 bits per heavy atom. The molecule has 0 aliphatic carbocycles. The number of thiophene rings is 1. The van der Waals surface area contributed by atoms with Crippen LogP contribution in [0.1, 0.15) is 5.56 Å². The largest absolute Gasteiger partial charge is 0.454 e. The molecule has 0 atom stereocenters. The molecule has 1 N–H and O–H groups in total. The van der Waals surface area contributed by atoms with Gasteiger partial charge in [-0.05, 0) is 41.3 Å². The van der Waals surface area contributed by atoms with Crippen LogP contribution < -0.4 is 14.8 Å². The van der Waals surface area contributed by atoms with Gasteiger partial charge >= 0.3 is 0 Å². The van der Waals surface area contributed by atoms with E-state index in [1.54, 1.807) is 23.7 Å². The van der Waals surface area contributed by atoms with E-state index in [-0.39, 0.29) is 19.2 Å². The average Bonchev–Trinajstić information content (AvgIpc) is 3.44. The minimum atomic E-state index is 0. The molecule has 0 fully saturated rings. The summed E-state index contributed by atoms with van der Waals surface area (Å²) in [6.45, 7) is 0.883. The third kappa shape index (κ3) is 4.01. The van der Waals surface area contributed by atoms with Crippen molar-refractivity contribution in [2.75, 3.05) is 12.1 Å². The summed E-state index contributed by atoms with van der Waals surface area (Å²) >= 11 is 1.66. The molecule has 1 aromatic carbocycles. The molecule has 0 saturated heterocycles. The van der Waals surface area contributed by atoms with Gasteiger partial charge in [0.05, 0.1) is 5.56 Å². The van der Waals surface area contributed by atoms with Crippen LogP contribution in [-0.2, 0) is 6.54 Å². The quantitative estimate of drug-likeness (QED) is 0.484. The lowest BCUT2D eigenvalue weighted by Crippen LogP contribution is -2.05. The number of hydrogen-bond donors (Lipinski definition) is 1. The number of nitrogens with zero attached hydrogens (tertiary/aromatic N) is 3. The Kier molecular flexibility index (Phi) is 5.59. The second-order valence-corrected chi connectivity index (χ2v) is 7.16. The van der Waals surface area contributed by atoms with Gasteiger partial charge in [0.15, 0.2) is 17.3 Å². The number of aromatic nitrogens is 3. The van der Waals surface area contributed by atoms with Gasteiger partial charge in [-0.3, -0.25) is 4.98 Å². The Morgan fingerprint density at radius 2 is 1.97 bits per heavy atom. The highest BCUT2D eigenvalue weighted by molar-refractivity contribution is 7.13. The highest BCUT2D eigenvalue weighted by Crippen LogP contribution is 2.34. The molecule has 1 aliphatic heterocycles. The first-order valence-electron chi connectivity index (χ1n) is 8.80. The standard InChI is InChI=1S/C21H16N4O2S.ClH/c1-3-15(11-22-7-1)20-24-12-16(19-4-2-8-28-19)21(25-20)23-10-14-5-6-17-18(9-14)27-13-26-17;/h1-9,11-12H,10,13H2,(H,23,24,25);1H. The van der Waals surface area contributed by atoms with Crippen LogP contribution in [0.3, 0.4) is 0 Å². The van der Waals surface area contributed by atoms with E-state index in [0.29, 0.717) is 12.4 Å². The summed E-state index contributed by atoms with van der Waals surface area (Å²) in [6.07, 6.45) is 5.37. The van der Waals surface area contributed by atoms with Crippen molar-refractivity contribution in [1.29, 1.82) is 0 Å². The number of hydrogen-bond acceptors (Lipinski definition) is 7. The van der Waals surface area contributed by atoms with E-state index in [1.165, 1.54) is 0 Å². The summed E-state index contributed by atoms with van der Waals surface area (Å²) in [5.74, 6) is 2.98. The van der Waals surface area contributed by atoms with Crippen LogP contribution in [0.5, 0.6) is 11.5 Å². The van der Waals surface area contributed by atoms with E-state index in [2.05, 4.69) is 21.4 Å². The van der Waals surface area contributed by atoms with Gasteiger partial charge < -0.3 is 14.8 Å². The molecule has 0 unspecified atom stereocenters. The summed E-state index contributed by atoms with van der Waals surface area (Å²) in [6, 6.07) is 13.9. The lowest BCUT2D eigenvalue weighted by atomic mass is 10.2. The monoisotopic (exact) mass is 424 g/mol. The topological polar surface area (TPSA) is 69.2 Å². The Balaban J connectivity index is 0.00000205. The molecule has 0 spiro atoms. The number of fused-ring (bicyclic) bond motifs is 1. The van der Waals surface area contributed by atoms with Crippen molar-refractivity contribution in [3.63, 3.8) is 0 Å². The fourth-order valence-electron chi connectivity index (χ4n) is 3.00. The first-order chi connectivity index (χ1) is 13.9. The summed E-state index contributed by atoms with van der Waals surface area (Å²) in [4.78, 5) is 14.6. The van der Waals surface area contributed by atoms with E-state index >= 15 is 0 Å². The van der Waals surface area contributed by atoms with Crippen molar-refractivity contribution in [1.82, 2.24) is 15.0 Å². The number of halogens is 1. The van der Waals surface area contributed by atoms with Gasteiger partial charge in [-0.2, -0.15) is 0 Å². The van der Waals surface area contributed by atoms with Crippen LogP contribution in [-0.4, -0.2) is 21.7 Å². The smallest absolute Gasteiger partial charge is 0.231 e. The van der Waals surface area contributed by atoms with Gasteiger partial charge in [0.2, 0.25) is 6.79 Å². The molecule has 0 bridgehead atoms. The second kappa shape index (κ2) is 8.46. The number of benzene rings is 1. The van der Waals surface area contributed by atoms with Crippen molar-refractivity contribution in [2.24, 2.45) is 0 Å². The van der Waals surface area contributed by atoms with Crippen molar-refractivity contribution >= 4 is 29.6 Å². The Labute approximate surface area is 178 Å². The number of pyridine rings is 1. The molecule has 0 amide bonds. The first kappa shape index (κ1) is 19.2. The zero-order valence-corrected chi connectivity index (χ0v) is 16.9. The SMILES string of the molecule is Cl.c1cncc(-c2ncc(-c3cccs3)c(NCc3ccc4c(c3)OCO4)n2)c1. The van der Waals surface area contributed by atoms with Crippen molar-refractivity contribution < 1.29 is 9.47 Å². The van der Waals surface area contributed by atoms with Gasteiger partial charge in [0, 0.05) is 35.6 Å². The highest BCUT2D eigenvalue weighted by atomic mass is 35.5. The lowest BCUT2D eigenvalue weighted by molar-refractivity contribution is 0.174. The van der Waals surface area contributed by atoms with Crippen LogP contribution >= 0.6 is 23.7 Å². The maximum atomic E-state index is 5.47. The normalized spacial score (nSPS) is 11.7. The van der Waals surface area contributed by atoms with Gasteiger partial charge in [-0.1, -0.05) is 12.1 Å². The number of nitrogens with one attached hydrogen (secondary N) is 1. The molecule has 146 valence electrons. The minimum Gasteiger partial charge on any atom is -0.454 e. The zero-order valence-electron chi connectivity index (χ0n) is 15.2. The molecule has 4 heterocycles. The molecule has 5 rings (SSSR count). The lowest BCUT2D eigenvalue weighted by Gasteiger charge is -2.12. The third-order valence-corrected chi connectivity index (χ3v) is 5.30. The summed E-state index contributed by atoms with van der Waals surface area (Å²) < 4.78 is 10.9. The summed E-state index contributed by atoms with van der Waals surface area (Å²) in [5.41, 5.74) is 2.94. The zero-order chi connectivity index (χ0) is 18.8. The van der Waals surface area contributed by atoms with Gasteiger partial charge in [-0.25, -0.2) is 9.97 Å². The fourth-order valence-corrected chi connectivity index (χ4v) is 3.74. The van der Waals surface area contributed by atoms with E-state index in [9.17, 15) is 0 Å². The molecule has 6 nitrogen and oxygen atoms in total. The maximum Gasteiger partial charge on any atom is 0.231 e. The predicted octanol–water partition coefficient (Wildman–Crippen LogP) is 5.03. The molecule has 3 aromatic heterocycles. The number of anilines is 1. The molecule has 0 saturated carbocycles. The van der Waals surface area contributed by atoms with Crippen LogP contribution in [0.25, 0.3) is 21.8 Å². The van der Waals surface area contributed by atoms with Gasteiger partial charge in [0.1, 0.15) is 5.82 Å². The van der Waals surface area contributed by atoms with Crippen LogP contribution in [0.4, 0.5) is 5.82 Å².